The van der Waals surface area contributed by atoms with E-state index in [0.29, 0.717) is 18.7 Å². The van der Waals surface area contributed by atoms with Crippen LogP contribution in [0.3, 0.4) is 0 Å². The van der Waals surface area contributed by atoms with Crippen LogP contribution in [0, 0.1) is 0 Å². The molecular weight excluding hydrogens is 372 g/mol. The van der Waals surface area contributed by atoms with Crippen LogP contribution in [0.15, 0.2) is 21.5 Å². The first kappa shape index (κ1) is 19.9. The molecular formula is C18H26N2O6S. The number of ether oxygens (including phenoxy) is 1. The van der Waals surface area contributed by atoms with Gasteiger partial charge in [0.15, 0.2) is 16.4 Å². The Morgan fingerprint density at radius 2 is 2.07 bits per heavy atom. The molecule has 8 nitrogen and oxygen atoms in total. The number of piperidine rings is 1. The second kappa shape index (κ2) is 8.43. The predicted molar refractivity (Wildman–Crippen MR) is 99.4 cm³/mol. The second-order valence-corrected chi connectivity index (χ2v) is 9.49. The van der Waals surface area contributed by atoms with Gasteiger partial charge in [-0.1, -0.05) is 6.42 Å². The number of rotatable bonds is 6. The summed E-state index contributed by atoms with van der Waals surface area (Å²) in [5, 5.41) is 0. The van der Waals surface area contributed by atoms with Crippen LogP contribution in [0.2, 0.25) is 0 Å². The molecule has 0 N–H and O–H groups in total. The number of likely N-dealkylation sites (N-methyl/N-ethyl adjacent to an activating group) is 1. The molecule has 0 saturated carbocycles. The first-order valence-electron chi connectivity index (χ1n) is 9.27. The number of likely N-dealkylation sites (tertiary alicyclic amines) is 1. The molecule has 3 heterocycles. The molecule has 2 aliphatic heterocycles. The molecule has 1 aromatic rings. The minimum absolute atomic E-state index is 0.0156. The van der Waals surface area contributed by atoms with E-state index in [1.807, 2.05) is 0 Å². The van der Waals surface area contributed by atoms with Crippen molar-refractivity contribution in [2.45, 2.75) is 38.3 Å². The van der Waals surface area contributed by atoms with E-state index in [-0.39, 0.29) is 41.2 Å². The van der Waals surface area contributed by atoms with Crippen LogP contribution in [0.5, 0.6) is 5.75 Å². The first-order valence-corrected chi connectivity index (χ1v) is 11.1. The molecule has 1 amide bonds. The Morgan fingerprint density at radius 1 is 1.33 bits per heavy atom. The summed E-state index contributed by atoms with van der Waals surface area (Å²) < 4.78 is 33.9. The molecule has 0 aromatic carbocycles. The van der Waals surface area contributed by atoms with Crippen molar-refractivity contribution in [2.75, 3.05) is 38.2 Å². The zero-order valence-corrected chi connectivity index (χ0v) is 16.4. The van der Waals surface area contributed by atoms with Crippen molar-refractivity contribution in [1.82, 2.24) is 9.80 Å². The molecule has 2 saturated heterocycles. The highest BCUT2D eigenvalue weighted by molar-refractivity contribution is 7.91. The van der Waals surface area contributed by atoms with Crippen LogP contribution < -0.4 is 10.2 Å². The van der Waals surface area contributed by atoms with Gasteiger partial charge in [0, 0.05) is 19.2 Å². The lowest BCUT2D eigenvalue weighted by Gasteiger charge is -2.25. The topological polar surface area (TPSA) is 97.1 Å². The van der Waals surface area contributed by atoms with Gasteiger partial charge in [0.2, 0.25) is 11.2 Å². The summed E-state index contributed by atoms with van der Waals surface area (Å²) in [5.41, 5.74) is -0.327. The van der Waals surface area contributed by atoms with Crippen molar-refractivity contribution < 1.29 is 22.4 Å². The molecule has 27 heavy (non-hydrogen) atoms. The Hall–Kier alpha value is -1.87. The third kappa shape index (κ3) is 5.32. The van der Waals surface area contributed by atoms with E-state index in [1.165, 1.54) is 23.7 Å². The van der Waals surface area contributed by atoms with E-state index in [1.54, 1.807) is 7.05 Å². The molecule has 0 spiro atoms. The van der Waals surface area contributed by atoms with Gasteiger partial charge in [0.25, 0.3) is 5.91 Å². The summed E-state index contributed by atoms with van der Waals surface area (Å²) in [4.78, 5) is 28.1. The standard InChI is InChI=1S/C18H26N2O6S/c1-19(14-5-8-27(23,24)13-14)18(22)12-26-17-11-25-15(9-16(17)21)10-20-6-3-2-4-7-20/h9,11,14H,2-8,10,12-13H2,1H3/t14-/m1/s1. The largest absolute Gasteiger partial charge is 0.477 e. The van der Waals surface area contributed by atoms with Crippen LogP contribution in [0.4, 0.5) is 0 Å². The molecule has 0 unspecified atom stereocenters. The number of amides is 1. The second-order valence-electron chi connectivity index (χ2n) is 7.26. The van der Waals surface area contributed by atoms with Gasteiger partial charge in [-0.25, -0.2) is 8.42 Å². The molecule has 0 bridgehead atoms. The molecule has 3 rings (SSSR count). The molecule has 2 aliphatic rings. The SMILES string of the molecule is CN(C(=O)COc1coc(CN2CCCCC2)cc1=O)[C@@H]1CCS(=O)(=O)C1. The Morgan fingerprint density at radius 3 is 2.70 bits per heavy atom. The van der Waals surface area contributed by atoms with Gasteiger partial charge in [0.05, 0.1) is 18.1 Å². The number of nitrogens with zero attached hydrogens (tertiary/aromatic N) is 2. The third-order valence-corrected chi connectivity index (χ3v) is 6.93. The Balaban J connectivity index is 1.53. The van der Waals surface area contributed by atoms with E-state index in [2.05, 4.69) is 4.90 Å². The van der Waals surface area contributed by atoms with Gasteiger partial charge in [-0.15, -0.1) is 0 Å². The van der Waals surface area contributed by atoms with Crippen LogP contribution in [0.1, 0.15) is 31.4 Å². The average Bonchev–Trinajstić information content (AvgIpc) is 3.01. The number of sulfone groups is 1. The van der Waals surface area contributed by atoms with Gasteiger partial charge >= 0.3 is 0 Å². The molecule has 0 radical (unpaired) electrons. The smallest absolute Gasteiger partial charge is 0.260 e. The van der Waals surface area contributed by atoms with Crippen LogP contribution in [-0.2, 0) is 21.2 Å². The predicted octanol–water partition coefficient (Wildman–Crippen LogP) is 0.650. The zero-order chi connectivity index (χ0) is 19.4. The first-order chi connectivity index (χ1) is 12.8. The number of carbonyl (C=O) groups is 1. The van der Waals surface area contributed by atoms with Gasteiger partial charge in [-0.05, 0) is 32.4 Å². The average molecular weight is 398 g/mol. The third-order valence-electron chi connectivity index (χ3n) is 5.18. The Labute approximate surface area is 159 Å². The fourth-order valence-corrected chi connectivity index (χ4v) is 5.26. The normalized spacial score (nSPS) is 22.5. The van der Waals surface area contributed by atoms with Gasteiger partial charge in [-0.2, -0.15) is 0 Å². The summed E-state index contributed by atoms with van der Waals surface area (Å²) in [5.74, 6) is 0.266. The van der Waals surface area contributed by atoms with E-state index in [0.717, 1.165) is 25.9 Å². The van der Waals surface area contributed by atoms with Crippen molar-refractivity contribution in [3.8, 4) is 5.75 Å². The summed E-state index contributed by atoms with van der Waals surface area (Å²) in [7, 11) is -1.51. The fourth-order valence-electron chi connectivity index (χ4n) is 3.49. The van der Waals surface area contributed by atoms with E-state index >= 15 is 0 Å². The lowest BCUT2D eigenvalue weighted by molar-refractivity contribution is -0.133. The highest BCUT2D eigenvalue weighted by Crippen LogP contribution is 2.17. The number of hydrogen-bond acceptors (Lipinski definition) is 7. The lowest BCUT2D eigenvalue weighted by atomic mass is 10.1. The minimum Gasteiger partial charge on any atom is -0.477 e. The van der Waals surface area contributed by atoms with Crippen molar-refractivity contribution in [1.29, 1.82) is 0 Å². The maximum atomic E-state index is 12.2. The highest BCUT2D eigenvalue weighted by atomic mass is 32.2. The van der Waals surface area contributed by atoms with E-state index in [9.17, 15) is 18.0 Å². The molecule has 150 valence electrons. The molecule has 1 atom stereocenters. The van der Waals surface area contributed by atoms with Gasteiger partial charge < -0.3 is 14.1 Å². The van der Waals surface area contributed by atoms with Gasteiger partial charge in [0.1, 0.15) is 12.0 Å². The summed E-state index contributed by atoms with van der Waals surface area (Å²) in [6.07, 6.45) is 5.22. The summed E-state index contributed by atoms with van der Waals surface area (Å²) in [6, 6.07) is 1.07. The molecule has 1 aromatic heterocycles. The monoisotopic (exact) mass is 398 g/mol. The summed E-state index contributed by atoms with van der Waals surface area (Å²) in [6.45, 7) is 2.26. The lowest BCUT2D eigenvalue weighted by Crippen LogP contribution is -2.40. The van der Waals surface area contributed by atoms with Crippen LogP contribution in [-0.4, -0.2) is 68.4 Å². The van der Waals surface area contributed by atoms with E-state index < -0.39 is 9.84 Å². The van der Waals surface area contributed by atoms with Crippen molar-refractivity contribution >= 4 is 15.7 Å². The molecule has 2 fully saturated rings. The van der Waals surface area contributed by atoms with E-state index in [4.69, 9.17) is 9.15 Å². The highest BCUT2D eigenvalue weighted by Gasteiger charge is 2.32. The zero-order valence-electron chi connectivity index (χ0n) is 15.6. The van der Waals surface area contributed by atoms with Crippen molar-refractivity contribution in [3.63, 3.8) is 0 Å². The van der Waals surface area contributed by atoms with Gasteiger partial charge in [-0.3, -0.25) is 14.5 Å². The van der Waals surface area contributed by atoms with Crippen LogP contribution >= 0.6 is 0 Å². The minimum atomic E-state index is -3.07. The Kier molecular flexibility index (Phi) is 6.21. The summed E-state index contributed by atoms with van der Waals surface area (Å²) >= 11 is 0. The maximum Gasteiger partial charge on any atom is 0.260 e. The maximum absolute atomic E-state index is 12.2. The molecule has 0 aliphatic carbocycles. The fraction of sp³-hybridized carbons (Fsp3) is 0.667. The van der Waals surface area contributed by atoms with Crippen molar-refractivity contribution in [3.05, 3.63) is 28.3 Å². The van der Waals surface area contributed by atoms with Crippen molar-refractivity contribution in [2.24, 2.45) is 0 Å². The number of carbonyl (C=O) groups excluding carboxylic acids is 1. The van der Waals surface area contributed by atoms with Crippen LogP contribution in [0.25, 0.3) is 0 Å². The number of hydrogen-bond donors (Lipinski definition) is 0. The Bertz CT molecular complexity index is 828. The quantitative estimate of drug-likeness (QED) is 0.694. The molecule has 9 heteroatoms.